The quantitative estimate of drug-likeness (QED) is 0.664. The summed E-state index contributed by atoms with van der Waals surface area (Å²) in [6.45, 7) is 2.07. The Morgan fingerprint density at radius 3 is 2.67 bits per heavy atom. The molecule has 1 aromatic rings. The molecule has 1 aliphatic rings. The van der Waals surface area contributed by atoms with Gasteiger partial charge in [0.15, 0.2) is 9.84 Å². The Kier molecular flexibility index (Phi) is 3.61. The van der Waals surface area contributed by atoms with Crippen molar-refractivity contribution in [3.63, 3.8) is 0 Å². The Morgan fingerprint density at radius 2 is 2.06 bits per heavy atom. The van der Waals surface area contributed by atoms with Gasteiger partial charge in [0.2, 0.25) is 0 Å². The number of anilines is 1. The Balaban J connectivity index is 2.35. The third-order valence-corrected chi connectivity index (χ3v) is 5.90. The average molecular weight is 271 g/mol. The van der Waals surface area contributed by atoms with Crippen molar-refractivity contribution < 1.29 is 12.8 Å². The molecule has 0 radical (unpaired) electrons. The molecule has 2 atom stereocenters. The van der Waals surface area contributed by atoms with Gasteiger partial charge in [0.05, 0.1) is 15.8 Å². The molecule has 1 fully saturated rings. The largest absolute Gasteiger partial charge is 0.398 e. The topological polar surface area (TPSA) is 60.2 Å². The van der Waals surface area contributed by atoms with Crippen molar-refractivity contribution >= 4 is 15.5 Å². The third-order valence-electron chi connectivity index (χ3n) is 3.61. The fourth-order valence-electron chi connectivity index (χ4n) is 2.62. The molecule has 0 aromatic heterocycles. The van der Waals surface area contributed by atoms with E-state index in [9.17, 15) is 12.8 Å². The molecule has 0 spiro atoms. The van der Waals surface area contributed by atoms with Crippen LogP contribution >= 0.6 is 0 Å². The molecule has 0 bridgehead atoms. The minimum Gasteiger partial charge on any atom is -0.398 e. The van der Waals surface area contributed by atoms with Crippen LogP contribution in [0.1, 0.15) is 32.6 Å². The molecule has 1 aromatic carbocycles. The van der Waals surface area contributed by atoms with Crippen molar-refractivity contribution in [1.82, 2.24) is 0 Å². The molecule has 0 heterocycles. The lowest BCUT2D eigenvalue weighted by Crippen LogP contribution is -2.28. The van der Waals surface area contributed by atoms with E-state index >= 15 is 0 Å². The first-order chi connectivity index (χ1) is 8.41. The molecule has 2 N–H and O–H groups in total. The number of rotatable bonds is 2. The highest BCUT2D eigenvalue weighted by Crippen LogP contribution is 2.33. The summed E-state index contributed by atoms with van der Waals surface area (Å²) in [6, 6.07) is 3.49. The number of hydrogen-bond acceptors (Lipinski definition) is 3. The molecule has 0 aliphatic heterocycles. The number of benzene rings is 1. The molecule has 2 unspecified atom stereocenters. The number of nitrogen functional groups attached to an aromatic ring is 1. The van der Waals surface area contributed by atoms with Crippen molar-refractivity contribution in [3.05, 3.63) is 24.0 Å². The van der Waals surface area contributed by atoms with Crippen LogP contribution in [0.2, 0.25) is 0 Å². The Bertz CT molecular complexity index is 542. The maximum Gasteiger partial charge on any atom is 0.183 e. The second-order valence-electron chi connectivity index (χ2n) is 5.12. The van der Waals surface area contributed by atoms with Gasteiger partial charge < -0.3 is 5.73 Å². The normalized spacial score (nSPS) is 25.0. The van der Waals surface area contributed by atoms with Crippen LogP contribution in [0.5, 0.6) is 0 Å². The third kappa shape index (κ3) is 2.51. The van der Waals surface area contributed by atoms with Crippen LogP contribution in [0.15, 0.2) is 23.1 Å². The number of sulfone groups is 1. The molecule has 5 heteroatoms. The van der Waals surface area contributed by atoms with Crippen molar-refractivity contribution in [2.75, 3.05) is 5.73 Å². The fourth-order valence-corrected chi connectivity index (χ4v) is 4.68. The number of nitrogens with two attached hydrogens (primary N) is 1. The van der Waals surface area contributed by atoms with E-state index in [1.54, 1.807) is 0 Å². The molecule has 2 rings (SSSR count). The van der Waals surface area contributed by atoms with Crippen molar-refractivity contribution in [2.24, 2.45) is 5.92 Å². The van der Waals surface area contributed by atoms with Crippen LogP contribution in [-0.2, 0) is 9.84 Å². The zero-order valence-electron chi connectivity index (χ0n) is 10.4. The van der Waals surface area contributed by atoms with E-state index in [1.807, 2.05) is 0 Å². The van der Waals surface area contributed by atoms with Gasteiger partial charge in [0.1, 0.15) is 5.82 Å². The highest BCUT2D eigenvalue weighted by atomic mass is 32.2. The molecular weight excluding hydrogens is 253 g/mol. The van der Waals surface area contributed by atoms with E-state index < -0.39 is 15.7 Å². The minimum atomic E-state index is -3.43. The summed E-state index contributed by atoms with van der Waals surface area (Å²) in [6.07, 6.45) is 3.33. The first-order valence-electron chi connectivity index (χ1n) is 6.20. The monoisotopic (exact) mass is 271 g/mol. The van der Waals surface area contributed by atoms with E-state index in [0.29, 0.717) is 18.8 Å². The Morgan fingerprint density at radius 1 is 1.33 bits per heavy atom. The molecule has 100 valence electrons. The lowest BCUT2D eigenvalue weighted by Gasteiger charge is -2.26. The van der Waals surface area contributed by atoms with Crippen LogP contribution in [0.25, 0.3) is 0 Å². The number of halogens is 1. The zero-order valence-corrected chi connectivity index (χ0v) is 11.2. The van der Waals surface area contributed by atoms with Gasteiger partial charge in [-0.1, -0.05) is 19.8 Å². The standard InChI is InChI=1S/C13H18FNO2S/c1-9-3-2-4-11(7-9)18(16,17)13-6-5-10(14)8-12(13)15/h5-6,8-9,11H,2-4,7,15H2,1H3. The van der Waals surface area contributed by atoms with Crippen LogP contribution in [0, 0.1) is 11.7 Å². The van der Waals surface area contributed by atoms with Gasteiger partial charge in [-0.3, -0.25) is 0 Å². The first-order valence-corrected chi connectivity index (χ1v) is 7.75. The summed E-state index contributed by atoms with van der Waals surface area (Å²) in [5, 5.41) is -0.381. The van der Waals surface area contributed by atoms with Crippen LogP contribution < -0.4 is 5.73 Å². The van der Waals surface area contributed by atoms with Gasteiger partial charge in [-0.05, 0) is 37.0 Å². The van der Waals surface area contributed by atoms with E-state index in [1.165, 1.54) is 6.07 Å². The van der Waals surface area contributed by atoms with E-state index in [4.69, 9.17) is 5.73 Å². The molecule has 18 heavy (non-hydrogen) atoms. The summed E-state index contributed by atoms with van der Waals surface area (Å²) in [4.78, 5) is 0.0722. The predicted molar refractivity (Wildman–Crippen MR) is 69.4 cm³/mol. The fraction of sp³-hybridized carbons (Fsp3) is 0.538. The van der Waals surface area contributed by atoms with E-state index in [-0.39, 0.29) is 15.8 Å². The zero-order chi connectivity index (χ0) is 13.3. The van der Waals surface area contributed by atoms with Gasteiger partial charge >= 0.3 is 0 Å². The first kappa shape index (κ1) is 13.3. The van der Waals surface area contributed by atoms with Crippen molar-refractivity contribution in [3.8, 4) is 0 Å². The lowest BCUT2D eigenvalue weighted by molar-refractivity contribution is 0.382. The molecule has 1 saturated carbocycles. The highest BCUT2D eigenvalue weighted by Gasteiger charge is 2.32. The Labute approximate surface area is 107 Å². The van der Waals surface area contributed by atoms with Gasteiger partial charge in [-0.15, -0.1) is 0 Å². The van der Waals surface area contributed by atoms with Crippen molar-refractivity contribution in [1.29, 1.82) is 0 Å². The highest BCUT2D eigenvalue weighted by molar-refractivity contribution is 7.92. The van der Waals surface area contributed by atoms with E-state index in [0.717, 1.165) is 25.0 Å². The molecular formula is C13H18FNO2S. The van der Waals surface area contributed by atoms with Crippen LogP contribution in [0.3, 0.4) is 0 Å². The van der Waals surface area contributed by atoms with E-state index in [2.05, 4.69) is 6.92 Å². The summed E-state index contributed by atoms with van der Waals surface area (Å²) >= 11 is 0. The van der Waals surface area contributed by atoms with Gasteiger partial charge in [0, 0.05) is 0 Å². The Hall–Kier alpha value is -1.10. The average Bonchev–Trinajstić information content (AvgIpc) is 2.28. The summed E-state index contributed by atoms with van der Waals surface area (Å²) < 4.78 is 37.9. The van der Waals surface area contributed by atoms with Gasteiger partial charge in [-0.25, -0.2) is 12.8 Å². The van der Waals surface area contributed by atoms with Crippen LogP contribution in [-0.4, -0.2) is 13.7 Å². The molecule has 1 aliphatic carbocycles. The summed E-state index contributed by atoms with van der Waals surface area (Å²) in [7, 11) is -3.43. The maximum atomic E-state index is 13.0. The maximum absolute atomic E-state index is 13.0. The second kappa shape index (κ2) is 4.88. The van der Waals surface area contributed by atoms with Crippen molar-refractivity contribution in [2.45, 2.75) is 42.8 Å². The molecule has 3 nitrogen and oxygen atoms in total. The lowest BCUT2D eigenvalue weighted by atomic mass is 9.91. The summed E-state index contributed by atoms with van der Waals surface area (Å²) in [5.41, 5.74) is 5.64. The minimum absolute atomic E-state index is 0.00762. The predicted octanol–water partition coefficient (Wildman–Crippen LogP) is 2.76. The summed E-state index contributed by atoms with van der Waals surface area (Å²) in [5.74, 6) is -0.0938. The second-order valence-corrected chi connectivity index (χ2v) is 7.32. The van der Waals surface area contributed by atoms with Gasteiger partial charge in [-0.2, -0.15) is 0 Å². The SMILES string of the molecule is CC1CCCC(S(=O)(=O)c2ccc(F)cc2N)C1. The molecule has 0 amide bonds. The molecule has 0 saturated heterocycles. The van der Waals surface area contributed by atoms with Gasteiger partial charge in [0.25, 0.3) is 0 Å². The van der Waals surface area contributed by atoms with Crippen LogP contribution in [0.4, 0.5) is 10.1 Å². The number of hydrogen-bond donors (Lipinski definition) is 1. The smallest absolute Gasteiger partial charge is 0.183 e.